The Kier molecular flexibility index (Phi) is 19.8. The summed E-state index contributed by atoms with van der Waals surface area (Å²) in [7, 11) is 0. The van der Waals surface area contributed by atoms with Crippen molar-refractivity contribution in [1.29, 1.82) is 0 Å². The Bertz CT molecular complexity index is 1620. The van der Waals surface area contributed by atoms with Crippen LogP contribution in [-0.2, 0) is 42.8 Å². The third-order valence-electron chi connectivity index (χ3n) is 10.2. The van der Waals surface area contributed by atoms with E-state index >= 15 is 0 Å². The van der Waals surface area contributed by atoms with Gasteiger partial charge in [-0.1, -0.05) is 0 Å². The molecule has 1 saturated heterocycles. The van der Waals surface area contributed by atoms with Crippen LogP contribution in [0.3, 0.4) is 0 Å². The summed E-state index contributed by atoms with van der Waals surface area (Å²) in [5.74, 6) is -2.95. The highest BCUT2D eigenvalue weighted by atomic mass is 16.6. The molecule has 17 heteroatoms. The summed E-state index contributed by atoms with van der Waals surface area (Å²) < 4.78 is 45.1. The molecule has 0 bridgehead atoms. The van der Waals surface area contributed by atoms with Crippen molar-refractivity contribution in [3.63, 3.8) is 0 Å². The van der Waals surface area contributed by atoms with E-state index in [0.717, 1.165) is 37.3 Å². The van der Waals surface area contributed by atoms with E-state index in [0.29, 0.717) is 61.8 Å². The van der Waals surface area contributed by atoms with E-state index in [4.69, 9.17) is 37.9 Å². The van der Waals surface area contributed by atoms with Crippen molar-refractivity contribution in [1.82, 2.24) is 0 Å². The number of carbonyl (C=O) groups excluding carboxylic acids is 1. The molecular formula is C41H60N2O15+2. The number of carboxylic acid groups (broad SMARTS) is 3. The molecule has 1 heterocycles. The van der Waals surface area contributed by atoms with Crippen LogP contribution in [0.1, 0.15) is 49.5 Å². The monoisotopic (exact) mass is 820 g/mol. The summed E-state index contributed by atoms with van der Waals surface area (Å²) in [4.78, 5) is 51.7. The number of carbonyl (C=O) groups is 4. The number of benzene rings is 2. The lowest BCUT2D eigenvalue weighted by molar-refractivity contribution is -0.898. The second kappa shape index (κ2) is 24.7. The van der Waals surface area contributed by atoms with Crippen LogP contribution in [0.25, 0.3) is 11.1 Å². The molecule has 0 aromatic heterocycles. The molecule has 322 valence electrons. The number of rotatable bonds is 18. The second-order valence-electron chi connectivity index (χ2n) is 13.9. The van der Waals surface area contributed by atoms with Crippen molar-refractivity contribution >= 4 is 23.7 Å². The normalized spacial score (nSPS) is 21.6. The Hall–Kier alpha value is -4.20. The number of carboxylic acids is 3. The van der Waals surface area contributed by atoms with Crippen LogP contribution in [0.2, 0.25) is 0 Å². The van der Waals surface area contributed by atoms with Gasteiger partial charge in [-0.2, -0.15) is 0 Å². The van der Waals surface area contributed by atoms with Crippen LogP contribution in [0.4, 0.5) is 0 Å². The van der Waals surface area contributed by atoms with Crippen molar-refractivity contribution in [3.8, 4) is 22.6 Å². The van der Waals surface area contributed by atoms with E-state index in [1.54, 1.807) is 6.07 Å². The molecule has 1 aliphatic carbocycles. The molecule has 2 aromatic carbocycles. The van der Waals surface area contributed by atoms with Crippen LogP contribution >= 0.6 is 0 Å². The van der Waals surface area contributed by atoms with Gasteiger partial charge < -0.3 is 63.0 Å². The lowest BCUT2D eigenvalue weighted by atomic mass is 10.1. The molecule has 1 fully saturated rings. The van der Waals surface area contributed by atoms with E-state index in [2.05, 4.69) is 20.8 Å². The maximum Gasteiger partial charge on any atom is 0.336 e. The average Bonchev–Trinajstić information content (AvgIpc) is 3.48. The van der Waals surface area contributed by atoms with Crippen LogP contribution < -0.4 is 19.3 Å². The number of hydrogen-bond donors (Lipinski definition) is 5. The molecule has 2 aliphatic rings. The van der Waals surface area contributed by atoms with Crippen molar-refractivity contribution in [2.75, 3.05) is 105 Å². The molecule has 1 aliphatic heterocycles. The van der Waals surface area contributed by atoms with Crippen LogP contribution in [-0.4, -0.2) is 169 Å². The predicted molar refractivity (Wildman–Crippen MR) is 207 cm³/mol. The standard InChI is InChI=1S/C41H58N2O15/c1-4-42(5-2)14-16-53-28-9-11-30-31-12-10-29(27-33(31)35(44)32(30)26-28)54-17-15-43(6-3)13-7-8-34-36(39(45)46)56-23-19-52-21-25-58-38(41(49)50)37(40(47)48)57-24-20-51-18-22-55-34/h9-12,26-27,34,36-38H,4-8,13-25H2,1-3H3,(H,45,46)(H,47,48)(H,49,50)/p+2. The van der Waals surface area contributed by atoms with Crippen LogP contribution in [0.15, 0.2) is 36.4 Å². The zero-order valence-corrected chi connectivity index (χ0v) is 33.7. The minimum absolute atomic E-state index is 0.0212. The maximum atomic E-state index is 13.4. The molecule has 58 heavy (non-hydrogen) atoms. The highest BCUT2D eigenvalue weighted by Crippen LogP contribution is 2.39. The third-order valence-corrected chi connectivity index (χ3v) is 10.2. The highest BCUT2D eigenvalue weighted by Gasteiger charge is 2.36. The van der Waals surface area contributed by atoms with Crippen molar-refractivity contribution in [2.45, 2.75) is 58.0 Å². The van der Waals surface area contributed by atoms with Gasteiger partial charge in [0.25, 0.3) is 0 Å². The molecule has 5 N–H and O–H groups in total. The summed E-state index contributed by atoms with van der Waals surface area (Å²) in [6.45, 7) is 11.9. The number of aliphatic carboxylic acids is 3. The fourth-order valence-electron chi connectivity index (χ4n) is 6.88. The molecule has 0 spiro atoms. The number of nitrogens with one attached hydrogen (secondary N) is 2. The summed E-state index contributed by atoms with van der Waals surface area (Å²) in [5, 5.41) is 29.0. The van der Waals surface area contributed by atoms with Gasteiger partial charge in [-0.15, -0.1) is 0 Å². The fraction of sp³-hybridized carbons (Fsp3) is 0.610. The Morgan fingerprint density at radius 3 is 1.47 bits per heavy atom. The number of quaternary nitrogens is 2. The molecule has 0 saturated carbocycles. The van der Waals surface area contributed by atoms with Gasteiger partial charge in [0.2, 0.25) is 0 Å². The minimum Gasteiger partial charge on any atom is -0.488 e. The number of fused-ring (bicyclic) bond motifs is 3. The molecule has 2 aromatic rings. The predicted octanol–water partition coefficient (Wildman–Crippen LogP) is 0.107. The smallest absolute Gasteiger partial charge is 0.336 e. The average molecular weight is 821 g/mol. The van der Waals surface area contributed by atoms with Crippen LogP contribution in [0.5, 0.6) is 11.5 Å². The first-order valence-electron chi connectivity index (χ1n) is 20.1. The first-order chi connectivity index (χ1) is 28.1. The fourth-order valence-corrected chi connectivity index (χ4v) is 6.88. The zero-order valence-electron chi connectivity index (χ0n) is 33.7. The maximum absolute atomic E-state index is 13.4. The number of ketones is 1. The summed E-state index contributed by atoms with van der Waals surface area (Å²) in [6, 6.07) is 11.3. The zero-order chi connectivity index (χ0) is 41.9. The van der Waals surface area contributed by atoms with Gasteiger partial charge in [-0.25, -0.2) is 14.4 Å². The topological polar surface area (TPSA) is 212 Å². The number of hydrogen-bond acceptors (Lipinski definition) is 12. The largest absolute Gasteiger partial charge is 0.488 e. The summed E-state index contributed by atoms with van der Waals surface area (Å²) in [6.07, 6.45) is -4.61. The lowest BCUT2D eigenvalue weighted by Crippen LogP contribution is -3.12. The van der Waals surface area contributed by atoms with Gasteiger partial charge in [0, 0.05) is 11.1 Å². The molecule has 4 rings (SSSR count). The van der Waals surface area contributed by atoms with E-state index < -0.39 is 42.3 Å². The molecular weight excluding hydrogens is 760 g/mol. The second-order valence-corrected chi connectivity index (χ2v) is 13.9. The van der Waals surface area contributed by atoms with Crippen molar-refractivity contribution in [3.05, 3.63) is 47.5 Å². The van der Waals surface area contributed by atoms with Gasteiger partial charge in [0.15, 0.2) is 24.1 Å². The third kappa shape index (κ3) is 14.0. The minimum atomic E-state index is -1.77. The Morgan fingerprint density at radius 2 is 1.02 bits per heavy atom. The van der Waals surface area contributed by atoms with Gasteiger partial charge in [0.1, 0.15) is 37.8 Å². The van der Waals surface area contributed by atoms with Gasteiger partial charge in [-0.05, 0) is 81.1 Å². The molecule has 0 amide bonds. The van der Waals surface area contributed by atoms with Gasteiger partial charge in [0.05, 0.1) is 85.1 Å². The molecule has 5 atom stereocenters. The Morgan fingerprint density at radius 1 is 0.586 bits per heavy atom. The molecule has 0 radical (unpaired) electrons. The summed E-state index contributed by atoms with van der Waals surface area (Å²) in [5.41, 5.74) is 2.99. The van der Waals surface area contributed by atoms with Crippen molar-refractivity contribution < 1.29 is 82.2 Å². The quantitative estimate of drug-likeness (QED) is 0.115. The van der Waals surface area contributed by atoms with Crippen LogP contribution in [0, 0.1) is 0 Å². The van der Waals surface area contributed by atoms with E-state index in [9.17, 15) is 34.5 Å². The Balaban J connectivity index is 1.26. The highest BCUT2D eigenvalue weighted by molar-refractivity contribution is 6.22. The number of likely N-dealkylation sites (N-methyl/N-ethyl adjacent to an activating group) is 2. The van der Waals surface area contributed by atoms with Gasteiger partial charge in [-0.3, -0.25) is 4.79 Å². The molecule has 17 nitrogen and oxygen atoms in total. The Labute approximate surface area is 339 Å². The lowest BCUT2D eigenvalue weighted by Gasteiger charge is -2.26. The SMILES string of the molecule is CC[NH+](CC)CCOc1ccc2c(c1)C(=O)c1cc(OCC[NH+](CC)CCCC3OCCOCCOC(C(=O)O)C(C(=O)O)OCCOCCOC3C(=O)O)ccc1-2. The van der Waals surface area contributed by atoms with Crippen molar-refractivity contribution in [2.24, 2.45) is 0 Å². The number of ether oxygens (including phenoxy) is 8. The summed E-state index contributed by atoms with van der Waals surface area (Å²) >= 11 is 0. The molecule has 5 unspecified atom stereocenters. The first-order valence-corrected chi connectivity index (χ1v) is 20.1. The van der Waals surface area contributed by atoms with Gasteiger partial charge >= 0.3 is 17.9 Å². The van der Waals surface area contributed by atoms with E-state index in [1.165, 1.54) is 9.80 Å². The first kappa shape index (κ1) is 46.5. The van der Waals surface area contributed by atoms with E-state index in [-0.39, 0.29) is 58.6 Å². The van der Waals surface area contributed by atoms with E-state index in [1.807, 2.05) is 30.3 Å².